The standard InChI is InChI=1S/C10H17NO4/c12-6-10(2-3-10)9(14)11-7-5-15-4-1-8(7)13/h7-8,12-13H,1-6H2,(H,11,14)/t7-,8-/m1/s1. The molecule has 1 saturated carbocycles. The van der Waals surface area contributed by atoms with Crippen LogP contribution in [0.4, 0.5) is 0 Å². The van der Waals surface area contributed by atoms with Crippen molar-refractivity contribution in [1.82, 2.24) is 5.32 Å². The summed E-state index contributed by atoms with van der Waals surface area (Å²) in [4.78, 5) is 11.7. The maximum atomic E-state index is 11.7. The molecule has 0 unspecified atom stereocenters. The van der Waals surface area contributed by atoms with Crippen LogP contribution < -0.4 is 5.32 Å². The largest absolute Gasteiger partial charge is 0.395 e. The molecule has 5 nitrogen and oxygen atoms in total. The number of hydrogen-bond donors (Lipinski definition) is 3. The van der Waals surface area contributed by atoms with Gasteiger partial charge >= 0.3 is 0 Å². The molecule has 15 heavy (non-hydrogen) atoms. The second kappa shape index (κ2) is 4.08. The van der Waals surface area contributed by atoms with Crippen LogP contribution in [0.3, 0.4) is 0 Å². The minimum absolute atomic E-state index is 0.109. The molecule has 86 valence electrons. The van der Waals surface area contributed by atoms with Crippen LogP contribution >= 0.6 is 0 Å². The van der Waals surface area contributed by atoms with Crippen LogP contribution in [-0.4, -0.2) is 48.1 Å². The zero-order valence-electron chi connectivity index (χ0n) is 8.61. The average molecular weight is 215 g/mol. The van der Waals surface area contributed by atoms with Crippen molar-refractivity contribution >= 4 is 5.91 Å². The van der Waals surface area contributed by atoms with Gasteiger partial charge in [-0.2, -0.15) is 0 Å². The SMILES string of the molecule is O=C(N[C@@H]1COCC[C@H]1O)C1(CO)CC1. The molecule has 3 N–H and O–H groups in total. The molecule has 1 heterocycles. The maximum Gasteiger partial charge on any atom is 0.228 e. The number of nitrogens with one attached hydrogen (secondary N) is 1. The molecule has 0 aromatic rings. The second-order valence-corrected chi connectivity index (χ2v) is 4.45. The van der Waals surface area contributed by atoms with Crippen molar-refractivity contribution < 1.29 is 19.7 Å². The number of aliphatic hydroxyl groups is 2. The third-order valence-electron chi connectivity index (χ3n) is 3.27. The van der Waals surface area contributed by atoms with Crippen LogP contribution in [-0.2, 0) is 9.53 Å². The van der Waals surface area contributed by atoms with E-state index in [4.69, 9.17) is 9.84 Å². The Balaban J connectivity index is 1.88. The van der Waals surface area contributed by atoms with Crippen molar-refractivity contribution in [2.45, 2.75) is 31.4 Å². The van der Waals surface area contributed by atoms with Gasteiger partial charge in [0.25, 0.3) is 0 Å². The van der Waals surface area contributed by atoms with Crippen molar-refractivity contribution in [2.75, 3.05) is 19.8 Å². The summed E-state index contributed by atoms with van der Waals surface area (Å²) in [6, 6.07) is -0.324. The van der Waals surface area contributed by atoms with Crippen LogP contribution in [0.1, 0.15) is 19.3 Å². The summed E-state index contributed by atoms with van der Waals surface area (Å²) < 4.78 is 5.18. The first-order chi connectivity index (χ1) is 7.18. The number of amides is 1. The summed E-state index contributed by atoms with van der Waals surface area (Å²) in [6.07, 6.45) is 1.49. The highest BCUT2D eigenvalue weighted by Crippen LogP contribution is 2.45. The highest BCUT2D eigenvalue weighted by Gasteiger charge is 2.50. The van der Waals surface area contributed by atoms with Crippen molar-refractivity contribution in [3.63, 3.8) is 0 Å². The van der Waals surface area contributed by atoms with Gasteiger partial charge in [-0.25, -0.2) is 0 Å². The van der Waals surface area contributed by atoms with Gasteiger partial charge in [0, 0.05) is 6.61 Å². The van der Waals surface area contributed by atoms with E-state index in [9.17, 15) is 9.90 Å². The van der Waals surface area contributed by atoms with Crippen molar-refractivity contribution in [1.29, 1.82) is 0 Å². The fourth-order valence-electron chi connectivity index (χ4n) is 1.79. The van der Waals surface area contributed by atoms with Gasteiger partial charge in [-0.15, -0.1) is 0 Å². The Morgan fingerprint density at radius 1 is 1.53 bits per heavy atom. The summed E-state index contributed by atoms with van der Waals surface area (Å²) in [6.45, 7) is 0.787. The molecule has 0 radical (unpaired) electrons. The summed E-state index contributed by atoms with van der Waals surface area (Å²) >= 11 is 0. The van der Waals surface area contributed by atoms with Gasteiger partial charge in [0.15, 0.2) is 0 Å². The normalized spacial score (nSPS) is 33.5. The number of carbonyl (C=O) groups is 1. The minimum Gasteiger partial charge on any atom is -0.395 e. The summed E-state index contributed by atoms with van der Waals surface area (Å²) in [5, 5.41) is 21.4. The number of ether oxygens (including phenoxy) is 1. The molecule has 1 amide bonds. The van der Waals surface area contributed by atoms with Crippen LogP contribution in [0.5, 0.6) is 0 Å². The number of carbonyl (C=O) groups excluding carboxylic acids is 1. The van der Waals surface area contributed by atoms with E-state index in [0.29, 0.717) is 19.6 Å². The van der Waals surface area contributed by atoms with Gasteiger partial charge in [0.05, 0.1) is 30.8 Å². The van der Waals surface area contributed by atoms with E-state index >= 15 is 0 Å². The van der Waals surface area contributed by atoms with Crippen molar-refractivity contribution in [3.05, 3.63) is 0 Å². The van der Waals surface area contributed by atoms with E-state index in [0.717, 1.165) is 12.8 Å². The Kier molecular flexibility index (Phi) is 2.95. The summed E-state index contributed by atoms with van der Waals surface area (Å²) in [5.74, 6) is -0.153. The Hall–Kier alpha value is -0.650. The van der Waals surface area contributed by atoms with Gasteiger partial charge in [-0.3, -0.25) is 4.79 Å². The molecule has 2 aliphatic rings. The van der Waals surface area contributed by atoms with Gasteiger partial charge < -0.3 is 20.3 Å². The van der Waals surface area contributed by atoms with Crippen LogP contribution in [0.15, 0.2) is 0 Å². The second-order valence-electron chi connectivity index (χ2n) is 4.45. The molecule has 0 aromatic heterocycles. The molecule has 1 saturated heterocycles. The van der Waals surface area contributed by atoms with Gasteiger partial charge in [0.1, 0.15) is 0 Å². The number of aliphatic hydroxyl groups excluding tert-OH is 2. The van der Waals surface area contributed by atoms with E-state index in [1.807, 2.05) is 0 Å². The molecular formula is C10H17NO4. The summed E-state index contributed by atoms with van der Waals surface area (Å²) in [7, 11) is 0. The first kappa shape index (κ1) is 10.9. The highest BCUT2D eigenvalue weighted by atomic mass is 16.5. The number of rotatable bonds is 3. The van der Waals surface area contributed by atoms with E-state index < -0.39 is 11.5 Å². The number of hydrogen-bond acceptors (Lipinski definition) is 4. The lowest BCUT2D eigenvalue weighted by atomic mass is 10.0. The van der Waals surface area contributed by atoms with Gasteiger partial charge in [0.2, 0.25) is 5.91 Å². The topological polar surface area (TPSA) is 78.8 Å². The van der Waals surface area contributed by atoms with E-state index in [2.05, 4.69) is 5.32 Å². The molecule has 2 rings (SSSR count). The predicted molar refractivity (Wildman–Crippen MR) is 52.1 cm³/mol. The lowest BCUT2D eigenvalue weighted by Gasteiger charge is -2.29. The van der Waals surface area contributed by atoms with E-state index in [1.54, 1.807) is 0 Å². The molecule has 0 aromatic carbocycles. The molecule has 1 aliphatic heterocycles. The maximum absolute atomic E-state index is 11.7. The van der Waals surface area contributed by atoms with Gasteiger partial charge in [-0.1, -0.05) is 0 Å². The fraction of sp³-hybridized carbons (Fsp3) is 0.900. The summed E-state index contributed by atoms with van der Waals surface area (Å²) in [5.41, 5.74) is -0.572. The van der Waals surface area contributed by atoms with E-state index in [-0.39, 0.29) is 18.6 Å². The van der Waals surface area contributed by atoms with Crippen molar-refractivity contribution in [2.24, 2.45) is 5.41 Å². The first-order valence-electron chi connectivity index (χ1n) is 5.36. The zero-order valence-corrected chi connectivity index (χ0v) is 8.61. The molecule has 2 atom stereocenters. The van der Waals surface area contributed by atoms with Crippen LogP contribution in [0.25, 0.3) is 0 Å². The quantitative estimate of drug-likeness (QED) is 0.565. The van der Waals surface area contributed by atoms with E-state index in [1.165, 1.54) is 0 Å². The highest BCUT2D eigenvalue weighted by molar-refractivity contribution is 5.85. The third-order valence-corrected chi connectivity index (χ3v) is 3.27. The average Bonchev–Trinajstić information content (AvgIpc) is 3.02. The smallest absolute Gasteiger partial charge is 0.228 e. The Morgan fingerprint density at radius 2 is 2.27 bits per heavy atom. The third kappa shape index (κ3) is 2.14. The Labute approximate surface area is 88.4 Å². The van der Waals surface area contributed by atoms with Crippen LogP contribution in [0.2, 0.25) is 0 Å². The molecule has 0 spiro atoms. The van der Waals surface area contributed by atoms with Crippen LogP contribution in [0, 0.1) is 5.41 Å². The van der Waals surface area contributed by atoms with Gasteiger partial charge in [-0.05, 0) is 19.3 Å². The zero-order chi connectivity index (χ0) is 10.9. The Bertz CT molecular complexity index is 252. The first-order valence-corrected chi connectivity index (χ1v) is 5.36. The fourth-order valence-corrected chi connectivity index (χ4v) is 1.79. The lowest BCUT2D eigenvalue weighted by Crippen LogP contribution is -2.51. The molecule has 2 fully saturated rings. The minimum atomic E-state index is -0.572. The lowest BCUT2D eigenvalue weighted by molar-refractivity contribution is -0.131. The monoisotopic (exact) mass is 215 g/mol. The predicted octanol–water partition coefficient (Wildman–Crippen LogP) is -0.975. The molecule has 5 heteroatoms. The molecule has 1 aliphatic carbocycles. The molecular weight excluding hydrogens is 198 g/mol. The Morgan fingerprint density at radius 3 is 2.80 bits per heavy atom. The van der Waals surface area contributed by atoms with Crippen molar-refractivity contribution in [3.8, 4) is 0 Å². The molecule has 0 bridgehead atoms.